The van der Waals surface area contributed by atoms with Gasteiger partial charge in [-0.2, -0.15) is 0 Å². The fourth-order valence-electron chi connectivity index (χ4n) is 0.886. The lowest BCUT2D eigenvalue weighted by Crippen LogP contribution is -1.77. The van der Waals surface area contributed by atoms with Crippen LogP contribution >= 0.6 is 0 Å². The van der Waals surface area contributed by atoms with Crippen LogP contribution in [0.3, 0.4) is 0 Å². The molecule has 0 bridgehead atoms. The first kappa shape index (κ1) is 7.64. The standard InChI is InChI=1S/C10H10O/c1-3-8(2)9-6-4-5-7-10(9)11/h4-7,11H,1H2,2H3. The van der Waals surface area contributed by atoms with Crippen molar-refractivity contribution in [1.82, 2.24) is 0 Å². The average molecular weight is 146 g/mol. The maximum absolute atomic E-state index is 9.32. The van der Waals surface area contributed by atoms with Gasteiger partial charge >= 0.3 is 0 Å². The summed E-state index contributed by atoms with van der Waals surface area (Å²) < 4.78 is 0. The summed E-state index contributed by atoms with van der Waals surface area (Å²) >= 11 is 0. The summed E-state index contributed by atoms with van der Waals surface area (Å²) in [5, 5.41) is 9.32. The van der Waals surface area contributed by atoms with Crippen molar-refractivity contribution in [3.63, 3.8) is 0 Å². The zero-order valence-corrected chi connectivity index (χ0v) is 6.46. The summed E-state index contributed by atoms with van der Waals surface area (Å²) in [4.78, 5) is 0. The van der Waals surface area contributed by atoms with Gasteiger partial charge in [0.1, 0.15) is 5.75 Å². The highest BCUT2D eigenvalue weighted by molar-refractivity contribution is 5.67. The number of allylic oxidation sites excluding steroid dienone is 1. The fraction of sp³-hybridized carbons (Fsp3) is 0.100. The maximum Gasteiger partial charge on any atom is 0.123 e. The summed E-state index contributed by atoms with van der Waals surface area (Å²) in [7, 11) is 0. The van der Waals surface area contributed by atoms with E-state index in [1.165, 1.54) is 0 Å². The molecule has 0 saturated carbocycles. The van der Waals surface area contributed by atoms with E-state index < -0.39 is 0 Å². The summed E-state index contributed by atoms with van der Waals surface area (Å²) in [6.45, 7) is 5.37. The lowest BCUT2D eigenvalue weighted by atomic mass is 10.1. The number of para-hydroxylation sites is 1. The Hall–Kier alpha value is -1.46. The number of aromatic hydroxyl groups is 1. The molecule has 0 amide bonds. The highest BCUT2D eigenvalue weighted by Crippen LogP contribution is 2.22. The first-order valence-corrected chi connectivity index (χ1v) is 3.40. The van der Waals surface area contributed by atoms with E-state index in [-0.39, 0.29) is 5.75 Å². The molecule has 0 unspecified atom stereocenters. The summed E-state index contributed by atoms with van der Waals surface area (Å²) in [5.74, 6) is 0.279. The molecule has 0 saturated heterocycles. The van der Waals surface area contributed by atoms with Crippen LogP contribution < -0.4 is 0 Å². The third-order valence-corrected chi connectivity index (χ3v) is 1.57. The van der Waals surface area contributed by atoms with Gasteiger partial charge in [0.25, 0.3) is 0 Å². The number of benzene rings is 1. The predicted molar refractivity (Wildman–Crippen MR) is 46.3 cm³/mol. The molecule has 0 aliphatic rings. The Kier molecular flexibility index (Phi) is 2.15. The Morgan fingerprint density at radius 1 is 1.45 bits per heavy atom. The van der Waals surface area contributed by atoms with Gasteiger partial charge in [0.2, 0.25) is 0 Å². The number of phenols is 1. The molecule has 0 fully saturated rings. The molecule has 1 heteroatoms. The van der Waals surface area contributed by atoms with E-state index in [1.54, 1.807) is 12.1 Å². The SMILES string of the molecule is C=C=C(C)c1ccccc1O. The van der Waals surface area contributed by atoms with E-state index in [0.717, 1.165) is 11.1 Å². The molecule has 1 aromatic carbocycles. The van der Waals surface area contributed by atoms with Crippen LogP contribution in [-0.2, 0) is 0 Å². The van der Waals surface area contributed by atoms with Crippen molar-refractivity contribution in [3.05, 3.63) is 42.1 Å². The number of rotatable bonds is 1. The zero-order valence-electron chi connectivity index (χ0n) is 6.46. The Balaban J connectivity index is 3.24. The molecule has 1 rings (SSSR count). The van der Waals surface area contributed by atoms with Crippen molar-refractivity contribution >= 4 is 5.57 Å². The Labute approximate surface area is 66.3 Å². The molecule has 0 aliphatic heterocycles. The average Bonchev–Trinajstić information content (AvgIpc) is 2.04. The molecule has 0 spiro atoms. The highest BCUT2D eigenvalue weighted by Gasteiger charge is 1.98. The van der Waals surface area contributed by atoms with Crippen LogP contribution in [0.4, 0.5) is 0 Å². The summed E-state index contributed by atoms with van der Waals surface area (Å²) in [6.07, 6.45) is 0. The van der Waals surface area contributed by atoms with E-state index in [9.17, 15) is 5.11 Å². The molecule has 0 aliphatic carbocycles. The lowest BCUT2D eigenvalue weighted by Gasteiger charge is -2.00. The van der Waals surface area contributed by atoms with E-state index in [1.807, 2.05) is 19.1 Å². The quantitative estimate of drug-likeness (QED) is 0.604. The van der Waals surface area contributed by atoms with Crippen LogP contribution in [0.15, 0.2) is 36.6 Å². The van der Waals surface area contributed by atoms with Gasteiger partial charge in [0.15, 0.2) is 0 Å². The predicted octanol–water partition coefficient (Wildman–Crippen LogP) is 2.58. The van der Waals surface area contributed by atoms with Gasteiger partial charge in [-0.1, -0.05) is 24.8 Å². The van der Waals surface area contributed by atoms with Crippen LogP contribution in [0.25, 0.3) is 5.57 Å². The van der Waals surface area contributed by atoms with E-state index in [0.29, 0.717) is 0 Å². The van der Waals surface area contributed by atoms with Gasteiger partial charge in [-0.15, -0.1) is 5.73 Å². The number of phenolic OH excluding ortho intramolecular Hbond substituents is 1. The van der Waals surface area contributed by atoms with Crippen molar-refractivity contribution < 1.29 is 5.11 Å². The van der Waals surface area contributed by atoms with Gasteiger partial charge in [0.05, 0.1) is 0 Å². The Morgan fingerprint density at radius 3 is 2.64 bits per heavy atom. The summed E-state index contributed by atoms with van der Waals surface area (Å²) in [6, 6.07) is 7.14. The smallest absolute Gasteiger partial charge is 0.123 e. The van der Waals surface area contributed by atoms with Crippen molar-refractivity contribution in [3.8, 4) is 5.75 Å². The molecular weight excluding hydrogens is 136 g/mol. The van der Waals surface area contributed by atoms with Gasteiger partial charge in [0, 0.05) is 11.1 Å². The summed E-state index contributed by atoms with van der Waals surface area (Å²) in [5.41, 5.74) is 4.39. The number of hydrogen-bond donors (Lipinski definition) is 1. The van der Waals surface area contributed by atoms with Crippen molar-refractivity contribution in [1.29, 1.82) is 0 Å². The molecule has 0 aromatic heterocycles. The first-order valence-electron chi connectivity index (χ1n) is 3.40. The molecule has 0 heterocycles. The van der Waals surface area contributed by atoms with E-state index in [2.05, 4.69) is 12.3 Å². The molecular formula is C10H10O. The topological polar surface area (TPSA) is 20.2 Å². The molecule has 1 aromatic rings. The zero-order chi connectivity index (χ0) is 8.27. The van der Waals surface area contributed by atoms with Crippen LogP contribution in [0.2, 0.25) is 0 Å². The first-order chi connectivity index (χ1) is 5.25. The van der Waals surface area contributed by atoms with Crippen molar-refractivity contribution in [2.45, 2.75) is 6.92 Å². The van der Waals surface area contributed by atoms with Crippen LogP contribution in [0.5, 0.6) is 5.75 Å². The van der Waals surface area contributed by atoms with Crippen molar-refractivity contribution in [2.24, 2.45) is 0 Å². The van der Waals surface area contributed by atoms with Crippen LogP contribution in [-0.4, -0.2) is 5.11 Å². The minimum absolute atomic E-state index is 0.279. The highest BCUT2D eigenvalue weighted by atomic mass is 16.3. The largest absolute Gasteiger partial charge is 0.507 e. The van der Waals surface area contributed by atoms with E-state index in [4.69, 9.17) is 0 Å². The monoisotopic (exact) mass is 146 g/mol. The normalized spacial score (nSPS) is 8.82. The second-order valence-corrected chi connectivity index (χ2v) is 2.32. The maximum atomic E-state index is 9.32. The molecule has 0 radical (unpaired) electrons. The van der Waals surface area contributed by atoms with Crippen LogP contribution in [0.1, 0.15) is 12.5 Å². The minimum atomic E-state index is 0.279. The molecule has 0 atom stereocenters. The Morgan fingerprint density at radius 2 is 2.09 bits per heavy atom. The number of hydrogen-bond acceptors (Lipinski definition) is 1. The minimum Gasteiger partial charge on any atom is -0.507 e. The van der Waals surface area contributed by atoms with E-state index >= 15 is 0 Å². The second-order valence-electron chi connectivity index (χ2n) is 2.32. The molecule has 56 valence electrons. The molecule has 11 heavy (non-hydrogen) atoms. The van der Waals surface area contributed by atoms with Gasteiger partial charge in [-0.25, -0.2) is 0 Å². The van der Waals surface area contributed by atoms with Gasteiger partial charge in [-0.05, 0) is 13.0 Å². The lowest BCUT2D eigenvalue weighted by molar-refractivity contribution is 0.473. The third kappa shape index (κ3) is 1.51. The fourth-order valence-corrected chi connectivity index (χ4v) is 0.886. The van der Waals surface area contributed by atoms with Crippen LogP contribution in [0, 0.1) is 0 Å². The van der Waals surface area contributed by atoms with Gasteiger partial charge in [-0.3, -0.25) is 0 Å². The molecule has 1 nitrogen and oxygen atoms in total. The molecule has 1 N–H and O–H groups in total. The van der Waals surface area contributed by atoms with Gasteiger partial charge < -0.3 is 5.11 Å². The Bertz CT molecular complexity index is 306. The second kappa shape index (κ2) is 3.09. The third-order valence-electron chi connectivity index (χ3n) is 1.57. The van der Waals surface area contributed by atoms with Crippen molar-refractivity contribution in [2.75, 3.05) is 0 Å².